The third kappa shape index (κ3) is 6.38. The van der Waals surface area contributed by atoms with E-state index in [4.69, 9.17) is 5.11 Å². The molecule has 0 atom stereocenters. The van der Waals surface area contributed by atoms with Gasteiger partial charge in [0.25, 0.3) is 0 Å². The zero-order chi connectivity index (χ0) is 12.3. The molecule has 0 rings (SSSR count). The summed E-state index contributed by atoms with van der Waals surface area (Å²) in [6.07, 6.45) is 7.22. The molecule has 1 N–H and O–H groups in total. The molecule has 0 aromatic rings. The van der Waals surface area contributed by atoms with Crippen LogP contribution in [0.15, 0.2) is 25.0 Å². The predicted molar refractivity (Wildman–Crippen MR) is 70.2 cm³/mol. The average Bonchev–Trinajstić information content (AvgIpc) is 2.21. The minimum Gasteiger partial charge on any atom is -0.516 e. The molecule has 1 heteroatoms. The van der Waals surface area contributed by atoms with Crippen molar-refractivity contribution in [3.8, 4) is 0 Å². The largest absolute Gasteiger partial charge is 0.516 e. The normalized spacial score (nSPS) is 10.1. The molecule has 0 aliphatic heterocycles. The first-order chi connectivity index (χ1) is 7.04. The minimum atomic E-state index is 0.440. The Bertz CT molecular complexity index is 166. The van der Waals surface area contributed by atoms with E-state index in [9.17, 15) is 0 Å². The first-order valence-corrected chi connectivity index (χ1v) is 5.95. The van der Waals surface area contributed by atoms with E-state index in [0.717, 1.165) is 6.26 Å². The van der Waals surface area contributed by atoms with Gasteiger partial charge in [0.2, 0.25) is 0 Å². The van der Waals surface area contributed by atoms with Gasteiger partial charge >= 0.3 is 0 Å². The molecule has 15 heavy (non-hydrogen) atoms. The summed E-state index contributed by atoms with van der Waals surface area (Å²) in [6, 6.07) is 0. The van der Waals surface area contributed by atoms with E-state index < -0.39 is 0 Å². The Hall–Kier alpha value is -0.720. The Labute approximate surface area is 95.9 Å². The lowest BCUT2D eigenvalue weighted by molar-refractivity contribution is 0.292. The molecule has 0 bridgehead atoms. The van der Waals surface area contributed by atoms with Gasteiger partial charge in [0.1, 0.15) is 0 Å². The van der Waals surface area contributed by atoms with E-state index in [1.807, 2.05) is 0 Å². The maximum atomic E-state index is 7.33. The maximum Gasteiger partial charge on any atom is 0.0719 e. The SMILES string of the molecule is C=C(C)C(CC)(CC)CCCC.C=CO. The van der Waals surface area contributed by atoms with Crippen molar-refractivity contribution >= 4 is 0 Å². The molecule has 0 unspecified atom stereocenters. The second-order valence-electron chi connectivity index (χ2n) is 4.05. The van der Waals surface area contributed by atoms with E-state index >= 15 is 0 Å². The molecule has 0 aliphatic rings. The highest BCUT2D eigenvalue weighted by atomic mass is 16.2. The van der Waals surface area contributed by atoms with Crippen LogP contribution in [0.3, 0.4) is 0 Å². The Morgan fingerprint density at radius 1 is 1.27 bits per heavy atom. The zero-order valence-electron chi connectivity index (χ0n) is 11.0. The van der Waals surface area contributed by atoms with Crippen LogP contribution >= 0.6 is 0 Å². The quantitative estimate of drug-likeness (QED) is 0.471. The van der Waals surface area contributed by atoms with Gasteiger partial charge in [-0.05, 0) is 31.6 Å². The van der Waals surface area contributed by atoms with Gasteiger partial charge in [0.15, 0.2) is 0 Å². The van der Waals surface area contributed by atoms with Gasteiger partial charge in [-0.2, -0.15) is 0 Å². The van der Waals surface area contributed by atoms with E-state index in [1.54, 1.807) is 0 Å². The van der Waals surface area contributed by atoms with Crippen LogP contribution < -0.4 is 0 Å². The number of unbranched alkanes of at least 4 members (excludes halogenated alkanes) is 1. The van der Waals surface area contributed by atoms with Gasteiger partial charge in [0.05, 0.1) is 6.26 Å². The number of aliphatic hydroxyl groups is 1. The summed E-state index contributed by atoms with van der Waals surface area (Å²) in [5.74, 6) is 0. The maximum absolute atomic E-state index is 7.33. The third-order valence-electron chi connectivity index (χ3n) is 3.27. The molecule has 0 spiro atoms. The first kappa shape index (κ1) is 16.7. The summed E-state index contributed by atoms with van der Waals surface area (Å²) in [4.78, 5) is 0. The van der Waals surface area contributed by atoms with Gasteiger partial charge in [-0.15, -0.1) is 0 Å². The Balaban J connectivity index is 0. The van der Waals surface area contributed by atoms with Crippen molar-refractivity contribution < 1.29 is 5.11 Å². The van der Waals surface area contributed by atoms with Crippen LogP contribution in [-0.4, -0.2) is 5.11 Å². The van der Waals surface area contributed by atoms with Crippen molar-refractivity contribution in [2.75, 3.05) is 0 Å². The third-order valence-corrected chi connectivity index (χ3v) is 3.27. The molecule has 0 radical (unpaired) electrons. The van der Waals surface area contributed by atoms with Crippen LogP contribution in [0.2, 0.25) is 0 Å². The van der Waals surface area contributed by atoms with Crippen LogP contribution in [0.1, 0.15) is 59.8 Å². The Kier molecular flexibility index (Phi) is 10.9. The smallest absolute Gasteiger partial charge is 0.0719 e. The number of hydrogen-bond donors (Lipinski definition) is 1. The average molecular weight is 212 g/mol. The fourth-order valence-corrected chi connectivity index (χ4v) is 1.94. The zero-order valence-corrected chi connectivity index (χ0v) is 11.0. The van der Waals surface area contributed by atoms with Crippen LogP contribution in [-0.2, 0) is 0 Å². The Morgan fingerprint density at radius 2 is 1.67 bits per heavy atom. The van der Waals surface area contributed by atoms with Crippen LogP contribution in [0.5, 0.6) is 0 Å². The molecule has 0 aromatic carbocycles. The van der Waals surface area contributed by atoms with Gasteiger partial charge < -0.3 is 5.11 Å². The van der Waals surface area contributed by atoms with E-state index in [0.29, 0.717) is 5.41 Å². The summed E-state index contributed by atoms with van der Waals surface area (Å²) in [6.45, 7) is 16.1. The molecular weight excluding hydrogens is 184 g/mol. The van der Waals surface area contributed by atoms with E-state index in [1.165, 1.54) is 37.7 Å². The molecule has 0 aliphatic carbocycles. The molecule has 0 amide bonds. The fraction of sp³-hybridized carbons (Fsp3) is 0.714. The summed E-state index contributed by atoms with van der Waals surface area (Å²) >= 11 is 0. The van der Waals surface area contributed by atoms with Crippen molar-refractivity contribution in [3.05, 3.63) is 25.0 Å². The molecule has 0 saturated heterocycles. The summed E-state index contributed by atoms with van der Waals surface area (Å²) < 4.78 is 0. The predicted octanol–water partition coefficient (Wildman–Crippen LogP) is 5.25. The molecule has 1 nitrogen and oxygen atoms in total. The number of hydrogen-bond acceptors (Lipinski definition) is 1. The topological polar surface area (TPSA) is 20.2 Å². The lowest BCUT2D eigenvalue weighted by Gasteiger charge is -2.32. The molecular formula is C14H28O. The Morgan fingerprint density at radius 3 is 1.87 bits per heavy atom. The monoisotopic (exact) mass is 212 g/mol. The highest BCUT2D eigenvalue weighted by molar-refractivity contribution is 5.06. The fourth-order valence-electron chi connectivity index (χ4n) is 1.94. The number of aliphatic hydroxyl groups excluding tert-OH is 1. The molecule has 0 aromatic heterocycles. The van der Waals surface area contributed by atoms with Crippen molar-refractivity contribution in [1.29, 1.82) is 0 Å². The number of rotatable bonds is 6. The van der Waals surface area contributed by atoms with Crippen molar-refractivity contribution in [1.82, 2.24) is 0 Å². The van der Waals surface area contributed by atoms with Gasteiger partial charge in [0, 0.05) is 0 Å². The van der Waals surface area contributed by atoms with Crippen LogP contribution in [0, 0.1) is 5.41 Å². The summed E-state index contributed by atoms with van der Waals surface area (Å²) in [5.41, 5.74) is 1.82. The molecule has 0 saturated carbocycles. The second kappa shape index (κ2) is 9.82. The highest BCUT2D eigenvalue weighted by Gasteiger charge is 2.25. The highest BCUT2D eigenvalue weighted by Crippen LogP contribution is 2.38. The first-order valence-electron chi connectivity index (χ1n) is 5.95. The number of allylic oxidation sites excluding steroid dienone is 1. The molecule has 0 heterocycles. The summed E-state index contributed by atoms with van der Waals surface area (Å²) in [7, 11) is 0. The molecule has 90 valence electrons. The van der Waals surface area contributed by atoms with Crippen LogP contribution in [0.25, 0.3) is 0 Å². The van der Waals surface area contributed by atoms with Gasteiger partial charge in [-0.25, -0.2) is 0 Å². The summed E-state index contributed by atoms with van der Waals surface area (Å²) in [5, 5.41) is 7.33. The van der Waals surface area contributed by atoms with Crippen LogP contribution in [0.4, 0.5) is 0 Å². The van der Waals surface area contributed by atoms with E-state index in [2.05, 4.69) is 40.9 Å². The lowest BCUT2D eigenvalue weighted by atomic mass is 9.73. The van der Waals surface area contributed by atoms with Gasteiger partial charge in [-0.3, -0.25) is 0 Å². The second-order valence-corrected chi connectivity index (χ2v) is 4.05. The van der Waals surface area contributed by atoms with Gasteiger partial charge in [-0.1, -0.05) is 52.3 Å². The molecule has 0 fully saturated rings. The van der Waals surface area contributed by atoms with Crippen molar-refractivity contribution in [2.45, 2.75) is 59.8 Å². The lowest BCUT2D eigenvalue weighted by Crippen LogP contribution is -2.19. The van der Waals surface area contributed by atoms with Crippen molar-refractivity contribution in [3.63, 3.8) is 0 Å². The van der Waals surface area contributed by atoms with Crippen molar-refractivity contribution in [2.24, 2.45) is 5.41 Å². The standard InChI is InChI=1S/C12H24.C2H4O/c1-6-9-10-12(7-2,8-3)11(4)5;1-2-3/h4,6-10H2,1-3,5H3;2-3H,1H2. The van der Waals surface area contributed by atoms with E-state index in [-0.39, 0.29) is 0 Å². The minimum absolute atomic E-state index is 0.440.